The predicted molar refractivity (Wildman–Crippen MR) is 144 cm³/mol. The van der Waals surface area contributed by atoms with Crippen molar-refractivity contribution < 1.29 is 28.2 Å². The molecule has 0 aromatic heterocycles. The van der Waals surface area contributed by atoms with Crippen molar-refractivity contribution in [2.75, 3.05) is 11.5 Å². The fourth-order valence-electron chi connectivity index (χ4n) is 3.68. The minimum atomic E-state index is -0.828. The molecule has 0 atom stereocenters. The number of imide groups is 2. The average molecular weight is 632 g/mol. The van der Waals surface area contributed by atoms with Crippen LogP contribution in [-0.2, 0) is 16.2 Å². The quantitative estimate of drug-likeness (QED) is 0.244. The number of aryl methyl sites for hydroxylation is 1. The molecule has 1 saturated heterocycles. The van der Waals surface area contributed by atoms with Gasteiger partial charge in [-0.2, -0.15) is 0 Å². The molecule has 0 unspecified atom stereocenters. The summed E-state index contributed by atoms with van der Waals surface area (Å²) in [5.74, 6) is -1.18. The smallest absolute Gasteiger partial charge is 0.335 e. The lowest BCUT2D eigenvalue weighted by Gasteiger charge is -2.26. The van der Waals surface area contributed by atoms with E-state index in [1.807, 2.05) is 6.92 Å². The van der Waals surface area contributed by atoms with Gasteiger partial charge in [0.2, 0.25) is 0 Å². The molecule has 1 aliphatic heterocycles. The van der Waals surface area contributed by atoms with Crippen LogP contribution in [0.1, 0.15) is 23.6 Å². The van der Waals surface area contributed by atoms with E-state index in [1.165, 1.54) is 18.2 Å². The van der Waals surface area contributed by atoms with Gasteiger partial charge in [0.15, 0.2) is 11.5 Å². The third-order valence-corrected chi connectivity index (χ3v) is 6.90. The molecule has 0 radical (unpaired) electrons. The van der Waals surface area contributed by atoms with Crippen LogP contribution in [0.4, 0.5) is 14.9 Å². The van der Waals surface area contributed by atoms with Crippen LogP contribution in [0.3, 0.4) is 0 Å². The first kappa shape index (κ1) is 26.6. The van der Waals surface area contributed by atoms with E-state index < -0.39 is 17.8 Å². The zero-order valence-electron chi connectivity index (χ0n) is 19.8. The molecule has 0 spiro atoms. The zero-order chi connectivity index (χ0) is 26.7. The highest BCUT2D eigenvalue weighted by Crippen LogP contribution is 2.38. The fraction of sp³-hybridized carbons (Fsp3) is 0.148. The van der Waals surface area contributed by atoms with Crippen LogP contribution >= 0.6 is 31.9 Å². The van der Waals surface area contributed by atoms with E-state index in [9.17, 15) is 18.8 Å². The molecule has 1 heterocycles. The topological polar surface area (TPSA) is 84.9 Å². The number of barbiturate groups is 1. The molecule has 0 aliphatic carbocycles. The van der Waals surface area contributed by atoms with Crippen molar-refractivity contribution in [3.63, 3.8) is 0 Å². The molecule has 37 heavy (non-hydrogen) atoms. The number of hydrogen-bond acceptors (Lipinski definition) is 5. The lowest BCUT2D eigenvalue weighted by Crippen LogP contribution is -2.54. The third-order valence-electron chi connectivity index (χ3n) is 5.42. The molecule has 3 aromatic rings. The number of carbonyl (C=O) groups is 3. The van der Waals surface area contributed by atoms with Crippen molar-refractivity contribution in [1.82, 2.24) is 5.32 Å². The second kappa shape index (κ2) is 11.3. The molecule has 1 N–H and O–H groups in total. The molecule has 10 heteroatoms. The van der Waals surface area contributed by atoms with Gasteiger partial charge < -0.3 is 9.47 Å². The van der Waals surface area contributed by atoms with Crippen LogP contribution in [0.5, 0.6) is 11.5 Å². The van der Waals surface area contributed by atoms with Gasteiger partial charge in [-0.05, 0) is 95.0 Å². The molecular weight excluding hydrogens is 611 g/mol. The summed E-state index contributed by atoms with van der Waals surface area (Å²) in [6, 6.07) is 13.5. The normalized spacial score (nSPS) is 14.7. The van der Waals surface area contributed by atoms with Gasteiger partial charge in [-0.1, -0.05) is 28.1 Å². The number of anilines is 1. The van der Waals surface area contributed by atoms with E-state index in [-0.39, 0.29) is 18.0 Å². The number of hydrogen-bond donors (Lipinski definition) is 1. The number of nitrogens with one attached hydrogen (secondary N) is 1. The number of benzene rings is 3. The van der Waals surface area contributed by atoms with Gasteiger partial charge >= 0.3 is 6.03 Å². The highest BCUT2D eigenvalue weighted by Gasteiger charge is 2.37. The number of carbonyl (C=O) groups excluding carboxylic acids is 3. The highest BCUT2D eigenvalue weighted by atomic mass is 79.9. The van der Waals surface area contributed by atoms with Crippen molar-refractivity contribution >= 4 is 61.5 Å². The van der Waals surface area contributed by atoms with Crippen molar-refractivity contribution in [1.29, 1.82) is 0 Å². The SMILES string of the molecule is CCOc1cc(/C=C2\C(=O)NC(=O)N(c3ccc(Br)c(C)c3)C2=O)cc(Br)c1OCc1cccc(F)c1. The number of rotatable bonds is 7. The fourth-order valence-corrected chi connectivity index (χ4v) is 4.50. The van der Waals surface area contributed by atoms with Gasteiger partial charge in [0.25, 0.3) is 11.8 Å². The molecule has 3 aromatic carbocycles. The zero-order valence-corrected chi connectivity index (χ0v) is 23.0. The van der Waals surface area contributed by atoms with E-state index in [4.69, 9.17) is 9.47 Å². The maximum atomic E-state index is 13.5. The monoisotopic (exact) mass is 630 g/mol. The average Bonchev–Trinajstić information content (AvgIpc) is 2.83. The van der Waals surface area contributed by atoms with Gasteiger partial charge in [0.1, 0.15) is 18.0 Å². The summed E-state index contributed by atoms with van der Waals surface area (Å²) in [6.07, 6.45) is 1.38. The summed E-state index contributed by atoms with van der Waals surface area (Å²) in [4.78, 5) is 39.3. The van der Waals surface area contributed by atoms with Crippen LogP contribution < -0.4 is 19.7 Å². The van der Waals surface area contributed by atoms with Crippen molar-refractivity contribution in [2.45, 2.75) is 20.5 Å². The molecule has 4 amide bonds. The van der Waals surface area contributed by atoms with Crippen molar-refractivity contribution in [3.8, 4) is 11.5 Å². The summed E-state index contributed by atoms with van der Waals surface area (Å²) in [6.45, 7) is 4.05. The molecule has 1 fully saturated rings. The number of halogens is 3. The summed E-state index contributed by atoms with van der Waals surface area (Å²) in [7, 11) is 0. The Hall–Kier alpha value is -3.50. The van der Waals surface area contributed by atoms with Gasteiger partial charge in [0.05, 0.1) is 16.8 Å². The van der Waals surface area contributed by atoms with E-state index in [0.29, 0.717) is 39.4 Å². The maximum absolute atomic E-state index is 13.5. The van der Waals surface area contributed by atoms with E-state index in [0.717, 1.165) is 14.9 Å². The van der Waals surface area contributed by atoms with Crippen LogP contribution in [-0.4, -0.2) is 24.5 Å². The largest absolute Gasteiger partial charge is 0.490 e. The number of amides is 4. The van der Waals surface area contributed by atoms with Crippen LogP contribution in [0.15, 0.2) is 69.1 Å². The standard InChI is InChI=1S/C27H21Br2FN2O5/c1-3-36-23-13-17(12-22(29)24(23)37-14-16-5-4-6-18(30)10-16)11-20-25(33)31-27(35)32(26(20)34)19-7-8-21(28)15(2)9-19/h4-13H,3,14H2,1-2H3,(H,31,33,35)/b20-11+. The first-order valence-corrected chi connectivity index (χ1v) is 12.8. The second-order valence-electron chi connectivity index (χ2n) is 8.07. The molecule has 190 valence electrons. The Kier molecular flexibility index (Phi) is 8.09. The summed E-state index contributed by atoms with van der Waals surface area (Å²) >= 11 is 6.86. The lowest BCUT2D eigenvalue weighted by atomic mass is 10.1. The van der Waals surface area contributed by atoms with Crippen molar-refractivity contribution in [3.05, 3.63) is 91.6 Å². The summed E-state index contributed by atoms with van der Waals surface area (Å²) in [5, 5.41) is 2.22. The predicted octanol–water partition coefficient (Wildman–Crippen LogP) is 6.30. The highest BCUT2D eigenvalue weighted by molar-refractivity contribution is 9.10. The van der Waals surface area contributed by atoms with Crippen LogP contribution in [0, 0.1) is 12.7 Å². The van der Waals surface area contributed by atoms with Gasteiger partial charge in [0, 0.05) is 4.47 Å². The Bertz CT molecular complexity index is 1440. The summed E-state index contributed by atoms with van der Waals surface area (Å²) < 4.78 is 26.5. The lowest BCUT2D eigenvalue weighted by molar-refractivity contribution is -0.122. The molecule has 0 bridgehead atoms. The Morgan fingerprint density at radius 1 is 1.00 bits per heavy atom. The molecular formula is C27H21Br2FN2O5. The maximum Gasteiger partial charge on any atom is 0.335 e. The molecule has 7 nitrogen and oxygen atoms in total. The van der Waals surface area contributed by atoms with Gasteiger partial charge in [-0.25, -0.2) is 14.1 Å². The molecule has 0 saturated carbocycles. The molecule has 1 aliphatic rings. The van der Waals surface area contributed by atoms with Gasteiger partial charge in [-0.15, -0.1) is 0 Å². The second-order valence-corrected chi connectivity index (χ2v) is 9.78. The number of ether oxygens (including phenoxy) is 2. The van der Waals surface area contributed by atoms with E-state index in [2.05, 4.69) is 37.2 Å². The number of nitrogens with zero attached hydrogens (tertiary/aromatic N) is 1. The minimum absolute atomic E-state index is 0.0987. The first-order chi connectivity index (χ1) is 17.7. The Morgan fingerprint density at radius 3 is 2.49 bits per heavy atom. The Balaban J connectivity index is 1.67. The Morgan fingerprint density at radius 2 is 1.78 bits per heavy atom. The van der Waals surface area contributed by atoms with Crippen LogP contribution in [0.2, 0.25) is 0 Å². The van der Waals surface area contributed by atoms with Gasteiger partial charge in [-0.3, -0.25) is 14.9 Å². The van der Waals surface area contributed by atoms with E-state index >= 15 is 0 Å². The third kappa shape index (κ3) is 5.91. The number of urea groups is 1. The van der Waals surface area contributed by atoms with Crippen molar-refractivity contribution in [2.24, 2.45) is 0 Å². The first-order valence-electron chi connectivity index (χ1n) is 11.2. The molecule has 4 rings (SSSR count). The minimum Gasteiger partial charge on any atom is -0.490 e. The Labute approximate surface area is 229 Å². The summed E-state index contributed by atoms with van der Waals surface area (Å²) in [5.41, 5.74) is 2.03. The van der Waals surface area contributed by atoms with Crippen LogP contribution in [0.25, 0.3) is 6.08 Å². The van der Waals surface area contributed by atoms with E-state index in [1.54, 1.807) is 49.4 Å².